The van der Waals surface area contributed by atoms with E-state index < -0.39 is 0 Å². The molecule has 2 rings (SSSR count). The fourth-order valence-corrected chi connectivity index (χ4v) is 3.35. The lowest BCUT2D eigenvalue weighted by Gasteiger charge is -2.20. The van der Waals surface area contributed by atoms with E-state index in [1.807, 2.05) is 24.3 Å². The molecule has 1 aromatic heterocycles. The van der Waals surface area contributed by atoms with Crippen LogP contribution in [0, 0.1) is 5.41 Å². The van der Waals surface area contributed by atoms with Gasteiger partial charge < -0.3 is 5.84 Å². The molecule has 0 aliphatic heterocycles. The average Bonchev–Trinajstić information content (AvgIpc) is 2.72. The molecule has 0 saturated carbocycles. The maximum Gasteiger partial charge on any atom is 0.274 e. The van der Waals surface area contributed by atoms with E-state index in [0.717, 1.165) is 9.61 Å². The number of fused-ring (bicyclic) bond motifs is 1. The Labute approximate surface area is 126 Å². The molecule has 0 unspecified atom stereocenters. The maximum atomic E-state index is 12.4. The normalized spacial score (nSPS) is 12.8. The van der Waals surface area contributed by atoms with Crippen molar-refractivity contribution in [3.63, 3.8) is 0 Å². The number of hydrogen-bond donors (Lipinski definition) is 1. The highest BCUT2D eigenvalue weighted by molar-refractivity contribution is 8.17. The van der Waals surface area contributed by atoms with Crippen LogP contribution in [-0.4, -0.2) is 9.12 Å². The molecule has 0 aliphatic rings. The molecule has 4 nitrogen and oxygen atoms in total. The molecule has 0 fully saturated rings. The third kappa shape index (κ3) is 2.81. The predicted molar refractivity (Wildman–Crippen MR) is 89.3 cm³/mol. The van der Waals surface area contributed by atoms with Crippen LogP contribution in [-0.2, 0) is 0 Å². The van der Waals surface area contributed by atoms with Gasteiger partial charge in [-0.05, 0) is 34.0 Å². The molecular weight excluding hydrogens is 290 g/mol. The van der Waals surface area contributed by atoms with Gasteiger partial charge in [-0.1, -0.05) is 51.2 Å². The SMILES string of the molecule is C=C(S/C(=N\N)n1sc2ccccc2c1=O)C(C)(C)C. The molecule has 6 heteroatoms. The minimum atomic E-state index is -0.0935. The summed E-state index contributed by atoms with van der Waals surface area (Å²) in [5.41, 5.74) is -0.176. The minimum Gasteiger partial charge on any atom is -0.321 e. The second kappa shape index (κ2) is 5.46. The van der Waals surface area contributed by atoms with Crippen LogP contribution in [0.5, 0.6) is 0 Å². The second-order valence-corrected chi connectivity index (χ2v) is 7.42. The number of hydrogen-bond acceptors (Lipinski definition) is 5. The summed E-state index contributed by atoms with van der Waals surface area (Å²) < 4.78 is 2.44. The molecule has 20 heavy (non-hydrogen) atoms. The first kappa shape index (κ1) is 14.9. The van der Waals surface area contributed by atoms with E-state index in [2.05, 4.69) is 32.5 Å². The summed E-state index contributed by atoms with van der Waals surface area (Å²) in [6.07, 6.45) is 0. The summed E-state index contributed by atoms with van der Waals surface area (Å²) in [7, 11) is 0. The Morgan fingerprint density at radius 2 is 2.05 bits per heavy atom. The van der Waals surface area contributed by atoms with Crippen molar-refractivity contribution in [3.05, 3.63) is 46.1 Å². The van der Waals surface area contributed by atoms with Crippen LogP contribution in [0.15, 0.2) is 45.6 Å². The molecule has 0 aliphatic carbocycles. The second-order valence-electron chi connectivity index (χ2n) is 5.37. The van der Waals surface area contributed by atoms with Crippen LogP contribution in [0.25, 0.3) is 10.1 Å². The first-order valence-corrected chi connectivity index (χ1v) is 7.70. The minimum absolute atomic E-state index is 0.0824. The van der Waals surface area contributed by atoms with E-state index in [1.54, 1.807) is 0 Å². The van der Waals surface area contributed by atoms with E-state index in [4.69, 9.17) is 5.84 Å². The fraction of sp³-hybridized carbons (Fsp3) is 0.286. The van der Waals surface area contributed by atoms with Crippen molar-refractivity contribution in [2.45, 2.75) is 20.8 Å². The van der Waals surface area contributed by atoms with Gasteiger partial charge in [-0.3, -0.25) is 4.79 Å². The van der Waals surface area contributed by atoms with Crippen LogP contribution in [0.3, 0.4) is 0 Å². The summed E-state index contributed by atoms with van der Waals surface area (Å²) in [4.78, 5) is 13.3. The van der Waals surface area contributed by atoms with Gasteiger partial charge in [0.1, 0.15) is 0 Å². The number of aromatic nitrogens is 1. The number of benzene rings is 1. The number of thioether (sulfide) groups is 1. The molecule has 2 N–H and O–H groups in total. The molecule has 0 amide bonds. The molecular formula is C14H17N3OS2. The van der Waals surface area contributed by atoms with Crippen molar-refractivity contribution in [1.29, 1.82) is 0 Å². The van der Waals surface area contributed by atoms with Gasteiger partial charge in [-0.2, -0.15) is 5.10 Å². The third-order valence-electron chi connectivity index (χ3n) is 2.83. The molecule has 1 heterocycles. The monoisotopic (exact) mass is 307 g/mol. The van der Waals surface area contributed by atoms with Gasteiger partial charge in [0.2, 0.25) is 5.17 Å². The average molecular weight is 307 g/mol. The Morgan fingerprint density at radius 3 is 2.60 bits per heavy atom. The topological polar surface area (TPSA) is 60.4 Å². The van der Waals surface area contributed by atoms with Crippen molar-refractivity contribution in [2.24, 2.45) is 16.4 Å². The van der Waals surface area contributed by atoms with E-state index >= 15 is 0 Å². The van der Waals surface area contributed by atoms with Gasteiger partial charge in [0.25, 0.3) is 5.56 Å². The van der Waals surface area contributed by atoms with Crippen molar-refractivity contribution in [3.8, 4) is 0 Å². The number of rotatable bonds is 1. The molecule has 0 spiro atoms. The zero-order chi connectivity index (χ0) is 14.9. The van der Waals surface area contributed by atoms with Crippen LogP contribution in [0.1, 0.15) is 20.8 Å². The fourth-order valence-electron chi connectivity index (χ4n) is 1.48. The highest BCUT2D eigenvalue weighted by Crippen LogP contribution is 2.34. The number of hydrazone groups is 1. The van der Waals surface area contributed by atoms with Crippen molar-refractivity contribution in [1.82, 2.24) is 3.96 Å². The highest BCUT2D eigenvalue weighted by atomic mass is 32.2. The van der Waals surface area contributed by atoms with Gasteiger partial charge in [-0.15, -0.1) is 0 Å². The number of nitrogens with two attached hydrogens (primary N) is 1. The Bertz CT molecular complexity index is 735. The lowest BCUT2D eigenvalue weighted by atomic mass is 9.97. The van der Waals surface area contributed by atoms with E-state index in [9.17, 15) is 4.79 Å². The Hall–Kier alpha value is -1.53. The molecule has 0 radical (unpaired) electrons. The van der Waals surface area contributed by atoms with Gasteiger partial charge >= 0.3 is 0 Å². The molecule has 0 bridgehead atoms. The quantitative estimate of drug-likeness (QED) is 0.380. The maximum absolute atomic E-state index is 12.4. The third-order valence-corrected chi connectivity index (χ3v) is 5.35. The Kier molecular flexibility index (Phi) is 4.06. The number of allylic oxidation sites excluding steroid dienone is 1. The zero-order valence-corrected chi connectivity index (χ0v) is 13.3. The standard InChI is InChI=1S/C14H17N3OS2/c1-9(14(2,3)4)19-13(16-15)17-12(18)10-7-5-6-8-11(10)20-17/h5-8H,1,15H2,2-4H3/b16-13-. The molecule has 0 atom stereocenters. The van der Waals surface area contributed by atoms with E-state index in [-0.39, 0.29) is 11.0 Å². The van der Waals surface area contributed by atoms with Gasteiger partial charge in [0.05, 0.1) is 10.1 Å². The van der Waals surface area contributed by atoms with Gasteiger partial charge in [0, 0.05) is 0 Å². The highest BCUT2D eigenvalue weighted by Gasteiger charge is 2.20. The lowest BCUT2D eigenvalue weighted by Crippen LogP contribution is -2.22. The van der Waals surface area contributed by atoms with E-state index in [1.165, 1.54) is 27.3 Å². The van der Waals surface area contributed by atoms with Crippen LogP contribution in [0.4, 0.5) is 0 Å². The summed E-state index contributed by atoms with van der Waals surface area (Å²) in [5.74, 6) is 5.46. The first-order chi connectivity index (χ1) is 9.34. The number of nitrogens with zero attached hydrogens (tertiary/aromatic N) is 2. The first-order valence-electron chi connectivity index (χ1n) is 6.11. The zero-order valence-electron chi connectivity index (χ0n) is 11.7. The summed E-state index contributed by atoms with van der Waals surface area (Å²) in [5, 5.41) is 4.90. The smallest absolute Gasteiger partial charge is 0.274 e. The summed E-state index contributed by atoms with van der Waals surface area (Å²) >= 11 is 2.68. The Balaban J connectivity index is 2.44. The summed E-state index contributed by atoms with van der Waals surface area (Å²) in [6.45, 7) is 10.2. The van der Waals surface area contributed by atoms with Gasteiger partial charge in [0.15, 0.2) is 0 Å². The predicted octanol–water partition coefficient (Wildman–Crippen LogP) is 3.43. The van der Waals surface area contributed by atoms with Crippen molar-refractivity contribution >= 4 is 38.5 Å². The molecule has 0 saturated heterocycles. The summed E-state index contributed by atoms with van der Waals surface area (Å²) in [6, 6.07) is 7.47. The molecule has 106 valence electrons. The van der Waals surface area contributed by atoms with E-state index in [0.29, 0.717) is 10.6 Å². The van der Waals surface area contributed by atoms with Crippen LogP contribution in [0.2, 0.25) is 0 Å². The van der Waals surface area contributed by atoms with Crippen molar-refractivity contribution < 1.29 is 0 Å². The van der Waals surface area contributed by atoms with Crippen LogP contribution >= 0.6 is 23.3 Å². The largest absolute Gasteiger partial charge is 0.321 e. The van der Waals surface area contributed by atoms with Crippen molar-refractivity contribution in [2.75, 3.05) is 0 Å². The molecule has 2 aromatic rings. The van der Waals surface area contributed by atoms with Gasteiger partial charge in [-0.25, -0.2) is 3.96 Å². The Morgan fingerprint density at radius 1 is 1.40 bits per heavy atom. The molecule has 1 aromatic carbocycles. The lowest BCUT2D eigenvalue weighted by molar-refractivity contribution is 0.535. The van der Waals surface area contributed by atoms with Crippen LogP contribution < -0.4 is 11.4 Å².